The second kappa shape index (κ2) is 5.59. The van der Waals surface area contributed by atoms with Crippen LogP contribution in [0.5, 0.6) is 0 Å². The summed E-state index contributed by atoms with van der Waals surface area (Å²) in [6.45, 7) is 0. The standard InChI is InChI=1S/C15H14N2O5/c18-12-8-4-3-7-11(16-12)15(21)22-17-13(19)9-5-1-2-6-10(9)14(17)20/h1-2,5-6,11H,3-4,7-8H2,(H,16,18). The molecule has 3 amide bonds. The van der Waals surface area contributed by atoms with Crippen molar-refractivity contribution in [2.45, 2.75) is 31.7 Å². The number of rotatable bonds is 2. The molecular weight excluding hydrogens is 288 g/mol. The summed E-state index contributed by atoms with van der Waals surface area (Å²) in [6, 6.07) is 5.41. The predicted octanol–water partition coefficient (Wildman–Crippen LogP) is 0.800. The molecular formula is C15H14N2O5. The molecule has 114 valence electrons. The Balaban J connectivity index is 1.74. The zero-order valence-corrected chi connectivity index (χ0v) is 11.7. The fourth-order valence-electron chi connectivity index (χ4n) is 2.55. The first-order chi connectivity index (χ1) is 10.6. The Hall–Kier alpha value is -2.70. The maximum absolute atomic E-state index is 12.1. The number of carbonyl (C=O) groups is 4. The van der Waals surface area contributed by atoms with Crippen LogP contribution >= 0.6 is 0 Å². The quantitative estimate of drug-likeness (QED) is 0.816. The van der Waals surface area contributed by atoms with Crippen molar-refractivity contribution < 1.29 is 24.0 Å². The van der Waals surface area contributed by atoms with Crippen LogP contribution in [0.15, 0.2) is 24.3 Å². The summed E-state index contributed by atoms with van der Waals surface area (Å²) in [6.07, 6.45) is 2.17. The minimum atomic E-state index is -0.834. The third kappa shape index (κ3) is 2.45. The number of nitrogens with zero attached hydrogens (tertiary/aromatic N) is 1. The molecule has 1 unspecified atom stereocenters. The Morgan fingerprint density at radius 1 is 1.09 bits per heavy atom. The molecule has 1 fully saturated rings. The molecule has 2 aliphatic rings. The maximum Gasteiger partial charge on any atom is 0.355 e. The lowest BCUT2D eigenvalue weighted by molar-refractivity contribution is -0.171. The van der Waals surface area contributed by atoms with Crippen molar-refractivity contribution in [3.05, 3.63) is 35.4 Å². The number of hydroxylamine groups is 2. The minimum Gasteiger partial charge on any atom is -0.343 e. The van der Waals surface area contributed by atoms with E-state index in [-0.39, 0.29) is 17.0 Å². The summed E-state index contributed by atoms with van der Waals surface area (Å²) in [5, 5.41) is 3.00. The number of carbonyl (C=O) groups excluding carboxylic acids is 4. The van der Waals surface area contributed by atoms with Gasteiger partial charge in [-0.05, 0) is 25.0 Å². The first-order valence-corrected chi connectivity index (χ1v) is 7.07. The van der Waals surface area contributed by atoms with Crippen LogP contribution in [-0.4, -0.2) is 34.8 Å². The molecule has 1 atom stereocenters. The van der Waals surface area contributed by atoms with Crippen LogP contribution in [0.3, 0.4) is 0 Å². The fourth-order valence-corrected chi connectivity index (χ4v) is 2.55. The maximum atomic E-state index is 12.1. The van der Waals surface area contributed by atoms with E-state index in [2.05, 4.69) is 5.32 Å². The lowest BCUT2D eigenvalue weighted by atomic mass is 10.1. The zero-order valence-electron chi connectivity index (χ0n) is 11.7. The first-order valence-electron chi connectivity index (χ1n) is 7.07. The van der Waals surface area contributed by atoms with E-state index < -0.39 is 23.8 Å². The molecule has 0 spiro atoms. The third-order valence-electron chi connectivity index (χ3n) is 3.70. The molecule has 2 heterocycles. The summed E-state index contributed by atoms with van der Waals surface area (Å²) in [4.78, 5) is 52.7. The first kappa shape index (κ1) is 14.2. The van der Waals surface area contributed by atoms with Gasteiger partial charge in [0.15, 0.2) is 0 Å². The molecule has 1 saturated heterocycles. The Morgan fingerprint density at radius 3 is 2.36 bits per heavy atom. The van der Waals surface area contributed by atoms with Crippen LogP contribution in [0.1, 0.15) is 46.4 Å². The second-order valence-corrected chi connectivity index (χ2v) is 5.23. The van der Waals surface area contributed by atoms with Gasteiger partial charge in [-0.3, -0.25) is 14.4 Å². The van der Waals surface area contributed by atoms with Crippen molar-refractivity contribution in [3.63, 3.8) is 0 Å². The molecule has 1 aromatic rings. The van der Waals surface area contributed by atoms with Gasteiger partial charge in [0.25, 0.3) is 11.8 Å². The van der Waals surface area contributed by atoms with E-state index in [0.29, 0.717) is 30.7 Å². The second-order valence-electron chi connectivity index (χ2n) is 5.23. The zero-order chi connectivity index (χ0) is 15.7. The van der Waals surface area contributed by atoms with Gasteiger partial charge in [0.1, 0.15) is 6.04 Å². The molecule has 0 aliphatic carbocycles. The largest absolute Gasteiger partial charge is 0.355 e. The Bertz CT molecular complexity index is 635. The van der Waals surface area contributed by atoms with E-state index in [1.54, 1.807) is 12.1 Å². The van der Waals surface area contributed by atoms with Crippen LogP contribution < -0.4 is 5.32 Å². The normalized spacial score (nSPS) is 21.2. The van der Waals surface area contributed by atoms with E-state index in [0.717, 1.165) is 0 Å². The van der Waals surface area contributed by atoms with Crippen LogP contribution in [-0.2, 0) is 14.4 Å². The summed E-state index contributed by atoms with van der Waals surface area (Å²) in [7, 11) is 0. The van der Waals surface area contributed by atoms with E-state index in [4.69, 9.17) is 4.84 Å². The highest BCUT2D eigenvalue weighted by Crippen LogP contribution is 2.23. The molecule has 0 bridgehead atoms. The van der Waals surface area contributed by atoms with Crippen LogP contribution in [0, 0.1) is 0 Å². The highest BCUT2D eigenvalue weighted by Gasteiger charge is 2.40. The molecule has 1 N–H and O–H groups in total. The van der Waals surface area contributed by atoms with E-state index >= 15 is 0 Å². The Morgan fingerprint density at radius 2 is 1.73 bits per heavy atom. The monoisotopic (exact) mass is 302 g/mol. The van der Waals surface area contributed by atoms with Crippen molar-refractivity contribution in [1.29, 1.82) is 0 Å². The predicted molar refractivity (Wildman–Crippen MR) is 73.4 cm³/mol. The average Bonchev–Trinajstić information content (AvgIpc) is 2.69. The molecule has 0 saturated carbocycles. The molecule has 1 aromatic carbocycles. The number of amides is 3. The molecule has 0 radical (unpaired) electrons. The smallest absolute Gasteiger partial charge is 0.343 e. The number of hydrogen-bond acceptors (Lipinski definition) is 5. The van der Waals surface area contributed by atoms with Gasteiger partial charge in [-0.1, -0.05) is 23.6 Å². The molecule has 0 aromatic heterocycles. The minimum absolute atomic E-state index is 0.199. The van der Waals surface area contributed by atoms with Crippen LogP contribution in [0.4, 0.5) is 0 Å². The van der Waals surface area contributed by atoms with Crippen molar-refractivity contribution >= 4 is 23.7 Å². The summed E-state index contributed by atoms with van der Waals surface area (Å²) in [5.74, 6) is -2.38. The number of benzene rings is 1. The number of fused-ring (bicyclic) bond motifs is 1. The molecule has 7 nitrogen and oxygen atoms in total. The summed E-state index contributed by atoms with van der Waals surface area (Å²) in [5.41, 5.74) is 0.399. The van der Waals surface area contributed by atoms with Crippen molar-refractivity contribution in [1.82, 2.24) is 10.4 Å². The highest BCUT2D eigenvalue weighted by atomic mass is 16.7. The number of imide groups is 1. The third-order valence-corrected chi connectivity index (χ3v) is 3.70. The van der Waals surface area contributed by atoms with E-state index in [1.807, 2.05) is 0 Å². The Labute approximate surface area is 126 Å². The van der Waals surface area contributed by atoms with Gasteiger partial charge < -0.3 is 10.2 Å². The van der Waals surface area contributed by atoms with Crippen LogP contribution in [0.2, 0.25) is 0 Å². The molecule has 3 rings (SSSR count). The van der Waals surface area contributed by atoms with E-state index in [1.165, 1.54) is 12.1 Å². The van der Waals surface area contributed by atoms with Gasteiger partial charge in [0, 0.05) is 6.42 Å². The average molecular weight is 302 g/mol. The van der Waals surface area contributed by atoms with Gasteiger partial charge in [-0.25, -0.2) is 4.79 Å². The van der Waals surface area contributed by atoms with Gasteiger partial charge in [-0.15, -0.1) is 0 Å². The van der Waals surface area contributed by atoms with Crippen molar-refractivity contribution in [3.8, 4) is 0 Å². The lowest BCUT2D eigenvalue weighted by Gasteiger charge is -2.18. The van der Waals surface area contributed by atoms with Crippen LogP contribution in [0.25, 0.3) is 0 Å². The summed E-state index contributed by atoms with van der Waals surface area (Å²) < 4.78 is 0. The topological polar surface area (TPSA) is 92.8 Å². The molecule has 2 aliphatic heterocycles. The van der Waals surface area contributed by atoms with E-state index in [9.17, 15) is 19.2 Å². The Kier molecular flexibility index (Phi) is 3.62. The number of nitrogens with one attached hydrogen (secondary N) is 1. The van der Waals surface area contributed by atoms with Gasteiger partial charge >= 0.3 is 5.97 Å². The SMILES string of the molecule is O=C1CCCCC(C(=O)ON2C(=O)c3ccccc3C2=O)N1. The summed E-state index contributed by atoms with van der Waals surface area (Å²) >= 11 is 0. The lowest BCUT2D eigenvalue weighted by Crippen LogP contribution is -2.44. The van der Waals surface area contributed by atoms with Crippen molar-refractivity contribution in [2.75, 3.05) is 0 Å². The highest BCUT2D eigenvalue weighted by molar-refractivity contribution is 6.20. The van der Waals surface area contributed by atoms with Gasteiger partial charge in [0.05, 0.1) is 11.1 Å². The van der Waals surface area contributed by atoms with Gasteiger partial charge in [0.2, 0.25) is 5.91 Å². The molecule has 7 heteroatoms. The fraction of sp³-hybridized carbons (Fsp3) is 0.333. The van der Waals surface area contributed by atoms with Gasteiger partial charge in [-0.2, -0.15) is 0 Å². The van der Waals surface area contributed by atoms with Crippen molar-refractivity contribution in [2.24, 2.45) is 0 Å². The molecule has 22 heavy (non-hydrogen) atoms. The number of hydrogen-bond donors (Lipinski definition) is 1.